The number of methoxy groups -OCH3 is 1. The van der Waals surface area contributed by atoms with Gasteiger partial charge in [0, 0.05) is 68.1 Å². The van der Waals surface area contributed by atoms with Crippen LogP contribution in [0.5, 0.6) is 5.75 Å². The van der Waals surface area contributed by atoms with Crippen molar-refractivity contribution in [3.63, 3.8) is 0 Å². The van der Waals surface area contributed by atoms with Gasteiger partial charge in [-0.15, -0.1) is 0 Å². The predicted octanol–water partition coefficient (Wildman–Crippen LogP) is 4.17. The van der Waals surface area contributed by atoms with Crippen molar-refractivity contribution >= 4 is 33.7 Å². The third kappa shape index (κ3) is 5.75. The minimum Gasteiger partial charge on any atom is -0.497 e. The summed E-state index contributed by atoms with van der Waals surface area (Å²) >= 11 is 3.51. The Hall–Kier alpha value is -2.87. The zero-order valence-corrected chi connectivity index (χ0v) is 22.7. The summed E-state index contributed by atoms with van der Waals surface area (Å²) in [6, 6.07) is 15.3. The predicted molar refractivity (Wildman–Crippen MR) is 142 cm³/mol. The molecule has 0 saturated carbocycles. The SMILES string of the molecule is COc1ccc(C(=O)N(C)C2CCN(C(=O)C3CCN(C(C)=O)CC3)CC2c2ccc(Br)cc2)cc1. The van der Waals surface area contributed by atoms with Crippen molar-refractivity contribution in [1.82, 2.24) is 14.7 Å². The Kier molecular flexibility index (Phi) is 8.34. The maximum Gasteiger partial charge on any atom is 0.253 e. The molecule has 0 aliphatic carbocycles. The minimum atomic E-state index is -0.0543. The highest BCUT2D eigenvalue weighted by Crippen LogP contribution is 2.34. The highest BCUT2D eigenvalue weighted by atomic mass is 79.9. The fraction of sp³-hybridized carbons (Fsp3) is 0.464. The highest BCUT2D eigenvalue weighted by molar-refractivity contribution is 9.10. The second-order valence-corrected chi connectivity index (χ2v) is 10.6. The number of amides is 3. The van der Waals surface area contributed by atoms with Crippen LogP contribution in [0.15, 0.2) is 53.0 Å². The van der Waals surface area contributed by atoms with Gasteiger partial charge in [0.25, 0.3) is 5.91 Å². The molecule has 0 radical (unpaired) electrons. The van der Waals surface area contributed by atoms with E-state index in [4.69, 9.17) is 4.74 Å². The van der Waals surface area contributed by atoms with E-state index in [1.807, 2.05) is 33.9 Å². The molecule has 0 N–H and O–H groups in total. The average molecular weight is 557 g/mol. The topological polar surface area (TPSA) is 70.2 Å². The number of halogens is 1. The molecule has 7 nitrogen and oxygen atoms in total. The Morgan fingerprint density at radius 2 is 1.53 bits per heavy atom. The van der Waals surface area contributed by atoms with Gasteiger partial charge >= 0.3 is 0 Å². The number of carbonyl (C=O) groups excluding carboxylic acids is 3. The van der Waals surface area contributed by atoms with E-state index in [1.165, 1.54) is 0 Å². The molecule has 0 bridgehead atoms. The first-order valence-electron chi connectivity index (χ1n) is 12.5. The van der Waals surface area contributed by atoms with E-state index in [1.54, 1.807) is 38.3 Å². The molecular weight excluding hydrogens is 522 g/mol. The summed E-state index contributed by atoms with van der Waals surface area (Å²) in [7, 11) is 3.46. The van der Waals surface area contributed by atoms with Crippen molar-refractivity contribution in [3.05, 3.63) is 64.1 Å². The van der Waals surface area contributed by atoms with Crippen LogP contribution < -0.4 is 4.74 Å². The number of piperidine rings is 2. The molecule has 8 heteroatoms. The molecular formula is C28H34BrN3O4. The Morgan fingerprint density at radius 3 is 2.11 bits per heavy atom. The number of likely N-dealkylation sites (N-methyl/N-ethyl adjacent to an activating group) is 1. The van der Waals surface area contributed by atoms with E-state index < -0.39 is 0 Å². The Bertz CT molecular complexity index is 1080. The molecule has 0 aromatic heterocycles. The van der Waals surface area contributed by atoms with Crippen LogP contribution in [0.1, 0.15) is 48.0 Å². The van der Waals surface area contributed by atoms with Crippen LogP contribution in [0.4, 0.5) is 0 Å². The van der Waals surface area contributed by atoms with Crippen molar-refractivity contribution < 1.29 is 19.1 Å². The Labute approximate surface area is 221 Å². The number of rotatable bonds is 5. The maximum atomic E-state index is 13.5. The first-order chi connectivity index (χ1) is 17.3. The average Bonchev–Trinajstić information content (AvgIpc) is 2.92. The second-order valence-electron chi connectivity index (χ2n) is 9.72. The molecule has 36 heavy (non-hydrogen) atoms. The second kappa shape index (κ2) is 11.5. The van der Waals surface area contributed by atoms with Gasteiger partial charge in [-0.1, -0.05) is 28.1 Å². The fourth-order valence-corrected chi connectivity index (χ4v) is 5.69. The summed E-state index contributed by atoms with van der Waals surface area (Å²) in [5.41, 5.74) is 1.73. The van der Waals surface area contributed by atoms with Gasteiger partial charge in [-0.05, 0) is 61.2 Å². The molecule has 2 fully saturated rings. The number of hydrogen-bond acceptors (Lipinski definition) is 4. The zero-order chi connectivity index (χ0) is 25.8. The van der Waals surface area contributed by atoms with Gasteiger partial charge in [-0.2, -0.15) is 0 Å². The fourth-order valence-electron chi connectivity index (χ4n) is 5.43. The molecule has 2 aliphatic rings. The number of ether oxygens (including phenoxy) is 1. The Morgan fingerprint density at radius 1 is 0.917 bits per heavy atom. The van der Waals surface area contributed by atoms with Gasteiger partial charge in [0.05, 0.1) is 7.11 Å². The monoisotopic (exact) mass is 555 g/mol. The van der Waals surface area contributed by atoms with Gasteiger partial charge < -0.3 is 19.4 Å². The lowest BCUT2D eigenvalue weighted by Crippen LogP contribution is -2.53. The molecule has 3 amide bonds. The summed E-state index contributed by atoms with van der Waals surface area (Å²) in [5, 5.41) is 0. The summed E-state index contributed by atoms with van der Waals surface area (Å²) in [6.07, 6.45) is 2.12. The summed E-state index contributed by atoms with van der Waals surface area (Å²) < 4.78 is 6.22. The van der Waals surface area contributed by atoms with Crippen LogP contribution in [0.25, 0.3) is 0 Å². The number of likely N-dealkylation sites (tertiary alicyclic amines) is 2. The molecule has 2 aliphatic heterocycles. The molecule has 2 saturated heterocycles. The smallest absolute Gasteiger partial charge is 0.253 e. The van der Waals surface area contributed by atoms with Gasteiger partial charge in [0.2, 0.25) is 11.8 Å². The standard InChI is InChI=1S/C28H34BrN3O4/c1-19(33)31-15-12-22(13-16-31)28(35)32-17-14-26(25(18-32)20-4-8-23(29)9-5-20)30(2)27(34)21-6-10-24(36-3)11-7-21/h4-11,22,25-26H,12-18H2,1-3H3. The van der Waals surface area contributed by atoms with E-state index in [-0.39, 0.29) is 35.6 Å². The van der Waals surface area contributed by atoms with Crippen LogP contribution in [-0.4, -0.2) is 78.8 Å². The van der Waals surface area contributed by atoms with Crippen LogP contribution in [0.2, 0.25) is 0 Å². The van der Waals surface area contributed by atoms with E-state index >= 15 is 0 Å². The van der Waals surface area contributed by atoms with Crippen molar-refractivity contribution in [1.29, 1.82) is 0 Å². The lowest BCUT2D eigenvalue weighted by Gasteiger charge is -2.44. The molecule has 4 rings (SSSR count). The number of nitrogens with zero attached hydrogens (tertiary/aromatic N) is 3. The minimum absolute atomic E-state index is 0.000284. The van der Waals surface area contributed by atoms with Crippen molar-refractivity contribution in [3.8, 4) is 5.75 Å². The van der Waals surface area contributed by atoms with Gasteiger partial charge in [0.15, 0.2) is 0 Å². The third-order valence-corrected chi connectivity index (χ3v) is 8.16. The highest BCUT2D eigenvalue weighted by Gasteiger charge is 2.39. The van der Waals surface area contributed by atoms with Crippen molar-refractivity contribution in [2.24, 2.45) is 5.92 Å². The maximum absolute atomic E-state index is 13.5. The van der Waals surface area contributed by atoms with Gasteiger partial charge in [-0.3, -0.25) is 14.4 Å². The normalized spacial score (nSPS) is 20.7. The van der Waals surface area contributed by atoms with Crippen molar-refractivity contribution in [2.45, 2.75) is 38.1 Å². The van der Waals surface area contributed by atoms with Crippen LogP contribution in [0, 0.1) is 5.92 Å². The largest absolute Gasteiger partial charge is 0.497 e. The molecule has 2 aromatic rings. The summed E-state index contributed by atoms with van der Waals surface area (Å²) in [4.78, 5) is 44.2. The van der Waals surface area contributed by atoms with E-state index in [9.17, 15) is 14.4 Å². The molecule has 2 atom stereocenters. The van der Waals surface area contributed by atoms with Crippen LogP contribution in [0.3, 0.4) is 0 Å². The van der Waals surface area contributed by atoms with E-state index in [0.29, 0.717) is 56.8 Å². The van der Waals surface area contributed by atoms with Gasteiger partial charge in [-0.25, -0.2) is 0 Å². The van der Waals surface area contributed by atoms with E-state index in [2.05, 4.69) is 28.1 Å². The van der Waals surface area contributed by atoms with Crippen LogP contribution in [-0.2, 0) is 9.59 Å². The first-order valence-corrected chi connectivity index (χ1v) is 13.3. The molecule has 2 unspecified atom stereocenters. The molecule has 0 spiro atoms. The van der Waals surface area contributed by atoms with Crippen LogP contribution >= 0.6 is 15.9 Å². The first kappa shape index (κ1) is 26.2. The molecule has 192 valence electrons. The van der Waals surface area contributed by atoms with Crippen molar-refractivity contribution in [2.75, 3.05) is 40.3 Å². The summed E-state index contributed by atoms with van der Waals surface area (Å²) in [6.45, 7) is 4.04. The zero-order valence-electron chi connectivity index (χ0n) is 21.2. The quantitative estimate of drug-likeness (QED) is 0.555. The number of carbonyl (C=O) groups is 3. The number of benzene rings is 2. The Balaban J connectivity index is 1.52. The number of hydrogen-bond donors (Lipinski definition) is 0. The third-order valence-electron chi connectivity index (χ3n) is 7.63. The van der Waals surface area contributed by atoms with Gasteiger partial charge in [0.1, 0.15) is 5.75 Å². The molecule has 2 aromatic carbocycles. The van der Waals surface area contributed by atoms with E-state index in [0.717, 1.165) is 10.0 Å². The molecule has 2 heterocycles. The lowest BCUT2D eigenvalue weighted by molar-refractivity contribution is -0.141. The summed E-state index contributed by atoms with van der Waals surface area (Å²) in [5.74, 6) is 0.857. The lowest BCUT2D eigenvalue weighted by atomic mass is 9.83.